The van der Waals surface area contributed by atoms with E-state index in [2.05, 4.69) is 5.32 Å². The lowest BCUT2D eigenvalue weighted by Crippen LogP contribution is -2.28. The molecule has 1 N–H and O–H groups in total. The standard InChI is InChI=1S/C18H17ClFNO4/c1-24-15-4-2-3-12(7-15)8-18(23)25-11-17(22)21-10-13-5-6-14(20)9-16(13)19/h2-7,9H,8,10-11H2,1H3,(H,21,22). The first-order valence-electron chi connectivity index (χ1n) is 7.47. The van der Waals surface area contributed by atoms with Gasteiger partial charge in [0.2, 0.25) is 0 Å². The molecule has 0 fully saturated rings. The molecule has 0 aliphatic heterocycles. The molecule has 0 saturated carbocycles. The molecule has 0 saturated heterocycles. The largest absolute Gasteiger partial charge is 0.497 e. The summed E-state index contributed by atoms with van der Waals surface area (Å²) in [5, 5.41) is 2.77. The zero-order valence-corrected chi connectivity index (χ0v) is 14.3. The van der Waals surface area contributed by atoms with Crippen LogP contribution in [0.2, 0.25) is 5.02 Å². The molecule has 7 heteroatoms. The second-order valence-electron chi connectivity index (χ2n) is 5.20. The second kappa shape index (κ2) is 9.03. The predicted molar refractivity (Wildman–Crippen MR) is 90.9 cm³/mol. The van der Waals surface area contributed by atoms with E-state index in [1.165, 1.54) is 19.2 Å². The SMILES string of the molecule is COc1cccc(CC(=O)OCC(=O)NCc2ccc(F)cc2Cl)c1. The van der Waals surface area contributed by atoms with E-state index >= 15 is 0 Å². The van der Waals surface area contributed by atoms with Crippen LogP contribution in [0.25, 0.3) is 0 Å². The van der Waals surface area contributed by atoms with Gasteiger partial charge >= 0.3 is 5.97 Å². The van der Waals surface area contributed by atoms with Crippen LogP contribution >= 0.6 is 11.6 Å². The van der Waals surface area contributed by atoms with Gasteiger partial charge < -0.3 is 14.8 Å². The highest BCUT2D eigenvalue weighted by Crippen LogP contribution is 2.17. The summed E-state index contributed by atoms with van der Waals surface area (Å²) in [5.74, 6) is -0.812. The van der Waals surface area contributed by atoms with Crippen LogP contribution in [0.1, 0.15) is 11.1 Å². The van der Waals surface area contributed by atoms with E-state index in [0.29, 0.717) is 11.3 Å². The molecular formula is C18H17ClFNO4. The highest BCUT2D eigenvalue weighted by atomic mass is 35.5. The monoisotopic (exact) mass is 365 g/mol. The number of hydrogen-bond acceptors (Lipinski definition) is 4. The molecule has 2 aromatic rings. The van der Waals surface area contributed by atoms with E-state index in [0.717, 1.165) is 11.6 Å². The van der Waals surface area contributed by atoms with Crippen LogP contribution in [-0.4, -0.2) is 25.6 Å². The lowest BCUT2D eigenvalue weighted by molar-refractivity contribution is -0.147. The smallest absolute Gasteiger partial charge is 0.310 e. The van der Waals surface area contributed by atoms with Crippen molar-refractivity contribution in [1.82, 2.24) is 5.32 Å². The molecule has 0 spiro atoms. The number of carbonyl (C=O) groups is 2. The van der Waals surface area contributed by atoms with Crippen LogP contribution in [0.15, 0.2) is 42.5 Å². The summed E-state index contributed by atoms with van der Waals surface area (Å²) < 4.78 is 23.0. The lowest BCUT2D eigenvalue weighted by atomic mass is 10.1. The lowest BCUT2D eigenvalue weighted by Gasteiger charge is -2.08. The fourth-order valence-corrected chi connectivity index (χ4v) is 2.29. The number of hydrogen-bond donors (Lipinski definition) is 1. The fraction of sp³-hybridized carbons (Fsp3) is 0.222. The third-order valence-corrected chi connectivity index (χ3v) is 3.69. The summed E-state index contributed by atoms with van der Waals surface area (Å²) in [6.07, 6.45) is 0.0360. The van der Waals surface area contributed by atoms with Gasteiger partial charge in [0.1, 0.15) is 11.6 Å². The minimum absolute atomic E-state index is 0.0360. The molecule has 0 bridgehead atoms. The first kappa shape index (κ1) is 18.7. The van der Waals surface area contributed by atoms with Crippen molar-refractivity contribution in [3.05, 3.63) is 64.4 Å². The van der Waals surface area contributed by atoms with Crippen LogP contribution < -0.4 is 10.1 Å². The maximum atomic E-state index is 12.9. The minimum atomic E-state index is -0.525. The molecule has 0 aliphatic rings. The van der Waals surface area contributed by atoms with Gasteiger partial charge in [0.15, 0.2) is 6.61 Å². The fourth-order valence-electron chi connectivity index (χ4n) is 2.06. The van der Waals surface area contributed by atoms with Crippen LogP contribution in [-0.2, 0) is 27.3 Å². The van der Waals surface area contributed by atoms with Crippen LogP contribution in [0.5, 0.6) is 5.75 Å². The molecule has 0 unspecified atom stereocenters. The van der Waals surface area contributed by atoms with Crippen molar-refractivity contribution in [3.63, 3.8) is 0 Å². The molecule has 0 aromatic heterocycles. The molecule has 0 radical (unpaired) electrons. The van der Waals surface area contributed by atoms with Crippen molar-refractivity contribution in [2.75, 3.05) is 13.7 Å². The first-order valence-corrected chi connectivity index (χ1v) is 7.85. The maximum Gasteiger partial charge on any atom is 0.310 e. The molecule has 0 aliphatic carbocycles. The molecule has 1 amide bonds. The Morgan fingerprint density at radius 3 is 2.72 bits per heavy atom. The van der Waals surface area contributed by atoms with Crippen molar-refractivity contribution >= 4 is 23.5 Å². The van der Waals surface area contributed by atoms with Crippen LogP contribution in [0, 0.1) is 5.82 Å². The zero-order valence-electron chi connectivity index (χ0n) is 13.6. The molecule has 2 aromatic carbocycles. The van der Waals surface area contributed by atoms with Gasteiger partial charge in [-0.2, -0.15) is 0 Å². The van der Waals surface area contributed by atoms with E-state index in [-0.39, 0.29) is 18.0 Å². The number of methoxy groups -OCH3 is 1. The Morgan fingerprint density at radius 1 is 1.20 bits per heavy atom. The average Bonchev–Trinajstić information content (AvgIpc) is 2.59. The number of carbonyl (C=O) groups excluding carboxylic acids is 2. The number of halogens is 2. The predicted octanol–water partition coefficient (Wildman–Crippen LogP) is 2.89. The van der Waals surface area contributed by atoms with Crippen molar-refractivity contribution < 1.29 is 23.5 Å². The molecule has 5 nitrogen and oxygen atoms in total. The molecule has 132 valence electrons. The maximum absolute atomic E-state index is 12.9. The van der Waals surface area contributed by atoms with Gasteiger partial charge in [-0.3, -0.25) is 9.59 Å². The average molecular weight is 366 g/mol. The number of amides is 1. The van der Waals surface area contributed by atoms with Crippen molar-refractivity contribution in [1.29, 1.82) is 0 Å². The molecule has 0 atom stereocenters. The topological polar surface area (TPSA) is 64.6 Å². The van der Waals surface area contributed by atoms with Gasteiger partial charge in [0.25, 0.3) is 5.91 Å². The Morgan fingerprint density at radius 2 is 2.00 bits per heavy atom. The van der Waals surface area contributed by atoms with Gasteiger partial charge in [0, 0.05) is 11.6 Å². The molecule has 25 heavy (non-hydrogen) atoms. The van der Waals surface area contributed by atoms with E-state index in [9.17, 15) is 14.0 Å². The summed E-state index contributed by atoms with van der Waals surface area (Å²) in [6, 6.07) is 10.9. The first-order chi connectivity index (χ1) is 12.0. The summed E-state index contributed by atoms with van der Waals surface area (Å²) in [4.78, 5) is 23.5. The molecule has 0 heterocycles. The summed E-state index contributed by atoms with van der Waals surface area (Å²) >= 11 is 5.87. The van der Waals surface area contributed by atoms with Gasteiger partial charge in [-0.1, -0.05) is 29.8 Å². The third-order valence-electron chi connectivity index (χ3n) is 3.34. The summed E-state index contributed by atoms with van der Waals surface area (Å²) in [6.45, 7) is -0.285. The molecule has 2 rings (SSSR count). The Labute approximate surface area is 149 Å². The van der Waals surface area contributed by atoms with Crippen molar-refractivity contribution in [2.45, 2.75) is 13.0 Å². The van der Waals surface area contributed by atoms with Gasteiger partial charge in [-0.15, -0.1) is 0 Å². The Kier molecular flexibility index (Phi) is 6.77. The highest BCUT2D eigenvalue weighted by molar-refractivity contribution is 6.31. The second-order valence-corrected chi connectivity index (χ2v) is 5.61. The van der Waals surface area contributed by atoms with E-state index in [1.807, 2.05) is 0 Å². The van der Waals surface area contributed by atoms with E-state index in [1.54, 1.807) is 24.3 Å². The van der Waals surface area contributed by atoms with Crippen molar-refractivity contribution in [3.8, 4) is 5.75 Å². The summed E-state index contributed by atoms with van der Waals surface area (Å²) in [5.41, 5.74) is 1.29. The summed E-state index contributed by atoms with van der Waals surface area (Å²) in [7, 11) is 1.54. The third kappa shape index (κ3) is 6.08. The van der Waals surface area contributed by atoms with E-state index in [4.69, 9.17) is 21.1 Å². The molecular weight excluding hydrogens is 349 g/mol. The van der Waals surface area contributed by atoms with Crippen LogP contribution in [0.3, 0.4) is 0 Å². The van der Waals surface area contributed by atoms with Gasteiger partial charge in [0.05, 0.1) is 13.5 Å². The number of ether oxygens (including phenoxy) is 2. The van der Waals surface area contributed by atoms with Crippen LogP contribution in [0.4, 0.5) is 4.39 Å². The quantitative estimate of drug-likeness (QED) is 0.766. The Balaban J connectivity index is 1.76. The van der Waals surface area contributed by atoms with Gasteiger partial charge in [-0.05, 0) is 35.4 Å². The Bertz CT molecular complexity index is 766. The number of esters is 1. The zero-order chi connectivity index (χ0) is 18.2. The Hall–Kier alpha value is -2.60. The highest BCUT2D eigenvalue weighted by Gasteiger charge is 2.10. The van der Waals surface area contributed by atoms with E-state index < -0.39 is 24.3 Å². The minimum Gasteiger partial charge on any atom is -0.497 e. The number of rotatable bonds is 7. The normalized spacial score (nSPS) is 10.2. The van der Waals surface area contributed by atoms with Gasteiger partial charge in [-0.25, -0.2) is 4.39 Å². The number of nitrogens with one attached hydrogen (secondary N) is 1. The van der Waals surface area contributed by atoms with Crippen molar-refractivity contribution in [2.24, 2.45) is 0 Å². The number of benzene rings is 2.